The van der Waals surface area contributed by atoms with Gasteiger partial charge in [0.1, 0.15) is 5.69 Å². The van der Waals surface area contributed by atoms with Crippen LogP contribution in [-0.4, -0.2) is 27.2 Å². The molecule has 0 saturated heterocycles. The lowest BCUT2D eigenvalue weighted by atomic mass is 10.2. The molecule has 2 heterocycles. The Morgan fingerprint density at radius 2 is 2.47 bits per heavy atom. The quantitative estimate of drug-likeness (QED) is 0.815. The molecule has 2 N–H and O–H groups in total. The fourth-order valence-corrected chi connectivity index (χ4v) is 1.63. The second kappa shape index (κ2) is 5.34. The predicted molar refractivity (Wildman–Crippen MR) is 64.5 cm³/mol. The van der Waals surface area contributed by atoms with Gasteiger partial charge in [-0.15, -0.1) is 0 Å². The first kappa shape index (κ1) is 11.4. The predicted octanol–water partition coefficient (Wildman–Crippen LogP) is 1.28. The Morgan fingerprint density at radius 3 is 3.12 bits per heavy atom. The summed E-state index contributed by atoms with van der Waals surface area (Å²) in [6.07, 6.45) is 5.41. The van der Waals surface area contributed by atoms with E-state index < -0.39 is 0 Å². The van der Waals surface area contributed by atoms with Gasteiger partial charge in [0.2, 0.25) is 0 Å². The SMILES string of the molecule is C[C@H](CNC(=O)c1ccc[nH]1)Cn1cccn1. The van der Waals surface area contributed by atoms with Crippen molar-refractivity contribution < 1.29 is 4.79 Å². The summed E-state index contributed by atoms with van der Waals surface area (Å²) in [4.78, 5) is 14.5. The van der Waals surface area contributed by atoms with Crippen LogP contribution < -0.4 is 5.32 Å². The average Bonchev–Trinajstić information content (AvgIpc) is 2.97. The molecule has 0 spiro atoms. The zero-order chi connectivity index (χ0) is 12.1. The van der Waals surface area contributed by atoms with Crippen molar-refractivity contribution >= 4 is 5.91 Å². The van der Waals surface area contributed by atoms with E-state index in [0.29, 0.717) is 18.2 Å². The molecule has 0 radical (unpaired) electrons. The smallest absolute Gasteiger partial charge is 0.267 e. The van der Waals surface area contributed by atoms with E-state index in [0.717, 1.165) is 6.54 Å². The molecule has 0 aliphatic heterocycles. The number of amides is 1. The van der Waals surface area contributed by atoms with Crippen molar-refractivity contribution in [2.24, 2.45) is 5.92 Å². The second-order valence-electron chi connectivity index (χ2n) is 4.13. The van der Waals surface area contributed by atoms with Crippen LogP contribution in [0.2, 0.25) is 0 Å². The molecule has 5 nitrogen and oxygen atoms in total. The molecule has 1 amide bonds. The Hall–Kier alpha value is -2.04. The summed E-state index contributed by atoms with van der Waals surface area (Å²) in [5.41, 5.74) is 0.594. The van der Waals surface area contributed by atoms with Crippen LogP contribution in [0.15, 0.2) is 36.8 Å². The van der Waals surface area contributed by atoms with E-state index in [4.69, 9.17) is 0 Å². The summed E-state index contributed by atoms with van der Waals surface area (Å²) >= 11 is 0. The van der Waals surface area contributed by atoms with E-state index in [1.165, 1.54) is 0 Å². The fourth-order valence-electron chi connectivity index (χ4n) is 1.63. The highest BCUT2D eigenvalue weighted by Crippen LogP contribution is 1.99. The molecule has 0 unspecified atom stereocenters. The number of rotatable bonds is 5. The number of aromatic amines is 1. The minimum atomic E-state index is -0.0673. The summed E-state index contributed by atoms with van der Waals surface area (Å²) in [5.74, 6) is 0.274. The van der Waals surface area contributed by atoms with Crippen molar-refractivity contribution in [3.8, 4) is 0 Å². The minimum absolute atomic E-state index is 0.0673. The monoisotopic (exact) mass is 232 g/mol. The van der Waals surface area contributed by atoms with E-state index in [1.54, 1.807) is 18.5 Å². The molecule has 0 aliphatic rings. The number of aromatic nitrogens is 3. The first-order chi connectivity index (χ1) is 8.25. The number of hydrogen-bond donors (Lipinski definition) is 2. The summed E-state index contributed by atoms with van der Waals surface area (Å²) in [5, 5.41) is 7.02. The van der Waals surface area contributed by atoms with Crippen LogP contribution in [0, 0.1) is 5.92 Å². The molecule has 0 aromatic carbocycles. The van der Waals surface area contributed by atoms with Crippen LogP contribution in [0.1, 0.15) is 17.4 Å². The third-order valence-electron chi connectivity index (χ3n) is 2.51. The Bertz CT molecular complexity index is 447. The van der Waals surface area contributed by atoms with Crippen LogP contribution in [0.25, 0.3) is 0 Å². The highest BCUT2D eigenvalue weighted by Gasteiger charge is 2.08. The number of carbonyl (C=O) groups is 1. The van der Waals surface area contributed by atoms with Gasteiger partial charge in [0.05, 0.1) is 0 Å². The molecule has 5 heteroatoms. The van der Waals surface area contributed by atoms with Gasteiger partial charge in [-0.25, -0.2) is 0 Å². The molecular weight excluding hydrogens is 216 g/mol. The molecule has 2 aromatic rings. The van der Waals surface area contributed by atoms with Crippen molar-refractivity contribution in [2.45, 2.75) is 13.5 Å². The number of carbonyl (C=O) groups excluding carboxylic acids is 1. The first-order valence-electron chi connectivity index (χ1n) is 5.64. The zero-order valence-corrected chi connectivity index (χ0v) is 9.76. The lowest BCUT2D eigenvalue weighted by Crippen LogP contribution is -2.30. The van der Waals surface area contributed by atoms with E-state index in [-0.39, 0.29) is 5.91 Å². The van der Waals surface area contributed by atoms with Gasteiger partial charge < -0.3 is 10.3 Å². The van der Waals surface area contributed by atoms with Crippen LogP contribution >= 0.6 is 0 Å². The maximum Gasteiger partial charge on any atom is 0.267 e. The summed E-state index contributed by atoms with van der Waals surface area (Å²) in [7, 11) is 0. The van der Waals surface area contributed by atoms with E-state index in [2.05, 4.69) is 22.3 Å². The highest BCUT2D eigenvalue weighted by molar-refractivity contribution is 5.92. The maximum atomic E-state index is 11.6. The average molecular weight is 232 g/mol. The van der Waals surface area contributed by atoms with Crippen LogP contribution in [0.3, 0.4) is 0 Å². The number of hydrogen-bond acceptors (Lipinski definition) is 2. The largest absolute Gasteiger partial charge is 0.357 e. The van der Waals surface area contributed by atoms with Crippen LogP contribution in [0.4, 0.5) is 0 Å². The molecule has 1 atom stereocenters. The van der Waals surface area contributed by atoms with Gasteiger partial charge in [-0.05, 0) is 24.1 Å². The molecular formula is C12H16N4O. The molecule has 2 aromatic heterocycles. The molecule has 17 heavy (non-hydrogen) atoms. The third kappa shape index (κ3) is 3.21. The third-order valence-corrected chi connectivity index (χ3v) is 2.51. The van der Waals surface area contributed by atoms with Crippen molar-refractivity contribution in [3.05, 3.63) is 42.5 Å². The summed E-state index contributed by atoms with van der Waals surface area (Å²) in [6, 6.07) is 5.46. The number of nitrogens with zero attached hydrogens (tertiary/aromatic N) is 2. The fraction of sp³-hybridized carbons (Fsp3) is 0.333. The van der Waals surface area contributed by atoms with Crippen molar-refractivity contribution in [2.75, 3.05) is 6.54 Å². The minimum Gasteiger partial charge on any atom is -0.357 e. The lowest BCUT2D eigenvalue weighted by molar-refractivity contribution is 0.0942. The Balaban J connectivity index is 1.76. The molecule has 0 fully saturated rings. The van der Waals surface area contributed by atoms with E-state index in [9.17, 15) is 4.79 Å². The zero-order valence-electron chi connectivity index (χ0n) is 9.76. The molecule has 2 rings (SSSR count). The Morgan fingerprint density at radius 1 is 1.59 bits per heavy atom. The van der Waals surface area contributed by atoms with Crippen LogP contribution in [0.5, 0.6) is 0 Å². The number of nitrogens with one attached hydrogen (secondary N) is 2. The van der Waals surface area contributed by atoms with Gasteiger partial charge in [0.15, 0.2) is 0 Å². The van der Waals surface area contributed by atoms with Gasteiger partial charge >= 0.3 is 0 Å². The highest BCUT2D eigenvalue weighted by atomic mass is 16.1. The standard InChI is InChI=1S/C12H16N4O/c1-10(9-16-7-3-6-15-16)8-14-12(17)11-4-2-5-13-11/h2-7,10,13H,8-9H2,1H3,(H,14,17)/t10-/m1/s1. The van der Waals surface area contributed by atoms with Crippen molar-refractivity contribution in [1.29, 1.82) is 0 Å². The van der Waals surface area contributed by atoms with Crippen molar-refractivity contribution in [1.82, 2.24) is 20.1 Å². The van der Waals surface area contributed by atoms with E-state index in [1.807, 2.05) is 23.0 Å². The molecule has 0 saturated carbocycles. The van der Waals surface area contributed by atoms with Crippen LogP contribution in [-0.2, 0) is 6.54 Å². The topological polar surface area (TPSA) is 62.7 Å². The normalized spacial score (nSPS) is 12.3. The summed E-state index contributed by atoms with van der Waals surface area (Å²) in [6.45, 7) is 3.52. The molecule has 0 aliphatic carbocycles. The molecule has 90 valence electrons. The Kier molecular flexibility index (Phi) is 3.59. The first-order valence-corrected chi connectivity index (χ1v) is 5.64. The van der Waals surface area contributed by atoms with Gasteiger partial charge in [-0.3, -0.25) is 9.48 Å². The Labute approximate surface area is 99.8 Å². The van der Waals surface area contributed by atoms with Gasteiger partial charge in [-0.1, -0.05) is 6.92 Å². The molecule has 0 bridgehead atoms. The van der Waals surface area contributed by atoms with Gasteiger partial charge in [-0.2, -0.15) is 5.10 Å². The summed E-state index contributed by atoms with van der Waals surface area (Å²) < 4.78 is 1.87. The van der Waals surface area contributed by atoms with Gasteiger partial charge in [0, 0.05) is 31.7 Å². The van der Waals surface area contributed by atoms with E-state index >= 15 is 0 Å². The maximum absolute atomic E-state index is 11.6. The second-order valence-corrected chi connectivity index (χ2v) is 4.13. The van der Waals surface area contributed by atoms with Gasteiger partial charge in [0.25, 0.3) is 5.91 Å². The van der Waals surface area contributed by atoms with Crippen molar-refractivity contribution in [3.63, 3.8) is 0 Å². The number of H-pyrrole nitrogens is 1. The lowest BCUT2D eigenvalue weighted by Gasteiger charge is -2.12.